The fourth-order valence-electron chi connectivity index (χ4n) is 3.11. The van der Waals surface area contributed by atoms with Gasteiger partial charge < -0.3 is 4.74 Å². The molecule has 1 aromatic carbocycles. The molecule has 3 heterocycles. The number of ether oxygens (including phenoxy) is 1. The van der Waals surface area contributed by atoms with Gasteiger partial charge in [0.2, 0.25) is 0 Å². The van der Waals surface area contributed by atoms with Gasteiger partial charge in [0.15, 0.2) is 5.13 Å². The number of hydrogen-bond acceptors (Lipinski definition) is 5. The molecule has 0 spiro atoms. The molecule has 0 radical (unpaired) electrons. The highest BCUT2D eigenvalue weighted by Crippen LogP contribution is 2.34. The van der Waals surface area contributed by atoms with Crippen molar-refractivity contribution in [3.63, 3.8) is 0 Å². The highest BCUT2D eigenvalue weighted by Gasteiger charge is 2.28. The van der Waals surface area contributed by atoms with Gasteiger partial charge in [-0.05, 0) is 43.2 Å². The molecule has 1 atom stereocenters. The van der Waals surface area contributed by atoms with Gasteiger partial charge >= 0.3 is 0 Å². The Morgan fingerprint density at radius 3 is 2.76 bits per heavy atom. The van der Waals surface area contributed by atoms with Gasteiger partial charge in [0.05, 0.1) is 23.4 Å². The van der Waals surface area contributed by atoms with Gasteiger partial charge in [0.1, 0.15) is 5.69 Å². The Bertz CT molecular complexity index is 1040. The van der Waals surface area contributed by atoms with Crippen LogP contribution in [-0.2, 0) is 4.74 Å². The lowest BCUT2D eigenvalue weighted by Crippen LogP contribution is -2.38. The van der Waals surface area contributed by atoms with Crippen LogP contribution in [-0.4, -0.2) is 35.1 Å². The number of amides is 1. The van der Waals surface area contributed by atoms with Crippen LogP contribution in [0.5, 0.6) is 0 Å². The molecule has 0 bridgehead atoms. The van der Waals surface area contributed by atoms with Gasteiger partial charge in [-0.2, -0.15) is 0 Å². The second kappa shape index (κ2) is 8.98. The van der Waals surface area contributed by atoms with Crippen LogP contribution in [0, 0.1) is 0 Å². The van der Waals surface area contributed by atoms with Gasteiger partial charge in [0.25, 0.3) is 5.91 Å². The third-order valence-corrected chi connectivity index (χ3v) is 6.17. The van der Waals surface area contributed by atoms with Crippen LogP contribution < -0.4 is 4.90 Å². The van der Waals surface area contributed by atoms with Gasteiger partial charge in [-0.3, -0.25) is 14.7 Å². The topological polar surface area (TPSA) is 55.3 Å². The number of benzene rings is 1. The quantitative estimate of drug-likeness (QED) is 0.461. The molecular weight excluding hydrogens is 453 g/mol. The van der Waals surface area contributed by atoms with Crippen molar-refractivity contribution in [2.75, 3.05) is 18.1 Å². The van der Waals surface area contributed by atoms with E-state index in [9.17, 15) is 4.79 Å². The van der Waals surface area contributed by atoms with E-state index in [1.54, 1.807) is 29.2 Å². The van der Waals surface area contributed by atoms with Gasteiger partial charge in [-0.15, -0.1) is 11.3 Å². The van der Waals surface area contributed by atoms with Crippen LogP contribution in [0.1, 0.15) is 23.3 Å². The maximum atomic E-state index is 13.2. The van der Waals surface area contributed by atoms with E-state index >= 15 is 0 Å². The summed E-state index contributed by atoms with van der Waals surface area (Å²) in [7, 11) is 0. The summed E-state index contributed by atoms with van der Waals surface area (Å²) in [5.41, 5.74) is 1.69. The van der Waals surface area contributed by atoms with Crippen molar-refractivity contribution in [1.82, 2.24) is 9.97 Å². The number of pyridine rings is 1. The standard InChI is InChI=1S/C20H16Cl3N3O2S/c21-12-3-4-15(16(23)8-12)18-11-29-20(25-18)26(10-14-2-1-7-28-14)19(27)17-9-13(22)5-6-24-17/h3-6,8-9,11,14H,1-2,7,10H2/t14-/m0/s1. The summed E-state index contributed by atoms with van der Waals surface area (Å²) < 4.78 is 5.74. The number of thiazole rings is 1. The number of halogens is 3. The SMILES string of the molecule is O=C(c1cc(Cl)ccn1)N(C[C@@H]1CCCO1)c1nc(-c2ccc(Cl)cc2Cl)cs1. The first kappa shape index (κ1) is 20.6. The molecule has 0 unspecified atom stereocenters. The second-order valence-corrected chi connectivity index (χ2v) is 8.67. The van der Waals surface area contributed by atoms with Crippen molar-refractivity contribution in [3.05, 3.63) is 62.7 Å². The average Bonchev–Trinajstić information content (AvgIpc) is 3.37. The van der Waals surface area contributed by atoms with Crippen molar-refractivity contribution in [1.29, 1.82) is 0 Å². The maximum Gasteiger partial charge on any atom is 0.278 e. The molecule has 0 saturated carbocycles. The van der Waals surface area contributed by atoms with Crippen molar-refractivity contribution >= 4 is 57.2 Å². The molecule has 5 nitrogen and oxygen atoms in total. The lowest BCUT2D eigenvalue weighted by molar-refractivity contribution is 0.0913. The van der Waals surface area contributed by atoms with Crippen LogP contribution in [0.15, 0.2) is 41.9 Å². The number of carbonyl (C=O) groups is 1. The van der Waals surface area contributed by atoms with E-state index < -0.39 is 0 Å². The normalized spacial score (nSPS) is 16.2. The predicted molar refractivity (Wildman–Crippen MR) is 117 cm³/mol. The Labute approximate surface area is 187 Å². The molecular formula is C20H16Cl3N3O2S. The van der Waals surface area contributed by atoms with E-state index in [4.69, 9.17) is 39.5 Å². The summed E-state index contributed by atoms with van der Waals surface area (Å²) in [5, 5.41) is 3.92. The largest absolute Gasteiger partial charge is 0.376 e. The summed E-state index contributed by atoms with van der Waals surface area (Å²) in [6, 6.07) is 8.42. The van der Waals surface area contributed by atoms with E-state index in [2.05, 4.69) is 9.97 Å². The zero-order valence-corrected chi connectivity index (χ0v) is 18.2. The Morgan fingerprint density at radius 1 is 1.21 bits per heavy atom. The minimum atomic E-state index is -0.272. The number of carbonyl (C=O) groups excluding carboxylic acids is 1. The second-order valence-electron chi connectivity index (χ2n) is 6.55. The molecule has 1 fully saturated rings. The van der Waals surface area contributed by atoms with Gasteiger partial charge in [-0.1, -0.05) is 34.8 Å². The van der Waals surface area contributed by atoms with E-state index in [1.807, 2.05) is 11.4 Å². The van der Waals surface area contributed by atoms with Crippen molar-refractivity contribution in [3.8, 4) is 11.3 Å². The van der Waals surface area contributed by atoms with Crippen molar-refractivity contribution < 1.29 is 9.53 Å². The molecule has 4 rings (SSSR count). The zero-order valence-electron chi connectivity index (χ0n) is 15.1. The monoisotopic (exact) mass is 467 g/mol. The first-order valence-electron chi connectivity index (χ1n) is 8.97. The first-order valence-corrected chi connectivity index (χ1v) is 11.0. The molecule has 29 heavy (non-hydrogen) atoms. The minimum Gasteiger partial charge on any atom is -0.376 e. The number of rotatable bonds is 5. The number of anilines is 1. The molecule has 9 heteroatoms. The van der Waals surface area contributed by atoms with E-state index in [0.717, 1.165) is 18.4 Å². The van der Waals surface area contributed by atoms with Crippen LogP contribution in [0.4, 0.5) is 5.13 Å². The Kier molecular flexibility index (Phi) is 6.37. The molecule has 0 N–H and O–H groups in total. The average molecular weight is 469 g/mol. The van der Waals surface area contributed by atoms with Gasteiger partial charge in [0, 0.05) is 33.8 Å². The Morgan fingerprint density at radius 2 is 2.03 bits per heavy atom. The molecule has 1 aliphatic rings. The summed E-state index contributed by atoms with van der Waals surface area (Å²) in [6.07, 6.45) is 3.35. The maximum absolute atomic E-state index is 13.2. The fourth-order valence-corrected chi connectivity index (χ4v) is 4.61. The van der Waals surface area contributed by atoms with E-state index in [1.165, 1.54) is 17.5 Å². The highest BCUT2D eigenvalue weighted by molar-refractivity contribution is 7.14. The van der Waals surface area contributed by atoms with Crippen LogP contribution in [0.3, 0.4) is 0 Å². The van der Waals surface area contributed by atoms with Crippen LogP contribution >= 0.6 is 46.1 Å². The first-order chi connectivity index (χ1) is 14.0. The van der Waals surface area contributed by atoms with Crippen LogP contribution in [0.25, 0.3) is 11.3 Å². The summed E-state index contributed by atoms with van der Waals surface area (Å²) in [5.74, 6) is -0.272. The molecule has 0 aliphatic carbocycles. The zero-order chi connectivity index (χ0) is 20.4. The van der Waals surface area contributed by atoms with E-state index in [-0.39, 0.29) is 17.7 Å². The fraction of sp³-hybridized carbons (Fsp3) is 0.250. The van der Waals surface area contributed by atoms with Gasteiger partial charge in [-0.25, -0.2) is 4.98 Å². The molecule has 1 aliphatic heterocycles. The lowest BCUT2D eigenvalue weighted by Gasteiger charge is -2.22. The summed E-state index contributed by atoms with van der Waals surface area (Å²) in [4.78, 5) is 23.7. The predicted octanol–water partition coefficient (Wildman–Crippen LogP) is 5.99. The lowest BCUT2D eigenvalue weighted by atomic mass is 10.2. The molecule has 150 valence electrons. The minimum absolute atomic E-state index is 0.0374. The third-order valence-electron chi connectivity index (χ3n) is 4.53. The smallest absolute Gasteiger partial charge is 0.278 e. The summed E-state index contributed by atoms with van der Waals surface area (Å²) in [6.45, 7) is 1.10. The molecule has 1 amide bonds. The highest BCUT2D eigenvalue weighted by atomic mass is 35.5. The molecule has 2 aromatic heterocycles. The Hall–Kier alpha value is -1.70. The number of nitrogens with zero attached hydrogens (tertiary/aromatic N) is 3. The third kappa shape index (κ3) is 4.73. The van der Waals surface area contributed by atoms with Crippen LogP contribution in [0.2, 0.25) is 15.1 Å². The molecule has 3 aromatic rings. The summed E-state index contributed by atoms with van der Waals surface area (Å²) >= 11 is 19.7. The van der Waals surface area contributed by atoms with Crippen molar-refractivity contribution in [2.24, 2.45) is 0 Å². The number of aromatic nitrogens is 2. The Balaban J connectivity index is 1.67. The van der Waals surface area contributed by atoms with E-state index in [0.29, 0.717) is 39.0 Å². The number of hydrogen-bond donors (Lipinski definition) is 0. The van der Waals surface area contributed by atoms with Crippen molar-refractivity contribution in [2.45, 2.75) is 18.9 Å². The molecule has 1 saturated heterocycles.